The predicted octanol–water partition coefficient (Wildman–Crippen LogP) is 1.49. The van der Waals surface area contributed by atoms with Gasteiger partial charge in [0.2, 0.25) is 0 Å². The Balaban J connectivity index is 2.08. The van der Waals surface area contributed by atoms with Gasteiger partial charge in [0.05, 0.1) is 11.5 Å². The number of hydrogen-bond donors (Lipinski definition) is 2. The van der Waals surface area contributed by atoms with E-state index in [-0.39, 0.29) is 23.7 Å². The zero-order valence-electron chi connectivity index (χ0n) is 11.9. The molecule has 2 aliphatic carbocycles. The minimum atomic E-state index is -1.16. The van der Waals surface area contributed by atoms with Gasteiger partial charge in [-0.25, -0.2) is 0 Å². The van der Waals surface area contributed by atoms with Crippen molar-refractivity contribution in [3.05, 3.63) is 0 Å². The van der Waals surface area contributed by atoms with Gasteiger partial charge >= 0.3 is 5.97 Å². The molecule has 0 radical (unpaired) electrons. The second-order valence-corrected chi connectivity index (χ2v) is 7.13. The van der Waals surface area contributed by atoms with Gasteiger partial charge in [0.1, 0.15) is 11.7 Å². The van der Waals surface area contributed by atoms with Crippen molar-refractivity contribution in [1.29, 1.82) is 0 Å². The van der Waals surface area contributed by atoms with E-state index >= 15 is 0 Å². The summed E-state index contributed by atoms with van der Waals surface area (Å²) in [6.07, 6.45) is 2.40. The van der Waals surface area contributed by atoms with E-state index in [2.05, 4.69) is 6.92 Å². The lowest BCUT2D eigenvalue weighted by Gasteiger charge is -2.56. The van der Waals surface area contributed by atoms with E-state index in [9.17, 15) is 15.0 Å². The van der Waals surface area contributed by atoms with E-state index in [0.29, 0.717) is 12.3 Å². The SMILES string of the molecule is CC1CCC2C(C)C(=O)O[C@@]23C1CC[C@@](C)(O)C3O. The summed E-state index contributed by atoms with van der Waals surface area (Å²) in [6, 6.07) is 0. The van der Waals surface area contributed by atoms with Crippen molar-refractivity contribution >= 4 is 5.97 Å². The van der Waals surface area contributed by atoms with Gasteiger partial charge in [0, 0.05) is 11.8 Å². The fraction of sp³-hybridized carbons (Fsp3) is 0.933. The van der Waals surface area contributed by atoms with Crippen molar-refractivity contribution in [3.8, 4) is 0 Å². The van der Waals surface area contributed by atoms with E-state index < -0.39 is 17.3 Å². The Hall–Kier alpha value is -0.610. The van der Waals surface area contributed by atoms with Gasteiger partial charge < -0.3 is 14.9 Å². The quantitative estimate of drug-likeness (QED) is 0.653. The minimum Gasteiger partial charge on any atom is -0.455 e. The van der Waals surface area contributed by atoms with E-state index in [0.717, 1.165) is 19.3 Å². The summed E-state index contributed by atoms with van der Waals surface area (Å²) in [5.41, 5.74) is -2.01. The summed E-state index contributed by atoms with van der Waals surface area (Å²) in [6.45, 7) is 5.73. The molecule has 7 atom stereocenters. The van der Waals surface area contributed by atoms with E-state index in [1.165, 1.54) is 0 Å². The van der Waals surface area contributed by atoms with Crippen molar-refractivity contribution in [2.24, 2.45) is 23.7 Å². The summed E-state index contributed by atoms with van der Waals surface area (Å²) in [5, 5.41) is 21.2. The number of hydrogen-bond acceptors (Lipinski definition) is 4. The number of esters is 1. The maximum atomic E-state index is 12.0. The van der Waals surface area contributed by atoms with Gasteiger partial charge in [-0.05, 0) is 38.5 Å². The van der Waals surface area contributed by atoms with Crippen LogP contribution in [-0.2, 0) is 9.53 Å². The molecule has 1 saturated heterocycles. The van der Waals surface area contributed by atoms with Gasteiger partial charge in [-0.15, -0.1) is 0 Å². The van der Waals surface area contributed by atoms with Crippen LogP contribution in [0.3, 0.4) is 0 Å². The Bertz CT molecular complexity index is 401. The van der Waals surface area contributed by atoms with Crippen LogP contribution in [0.2, 0.25) is 0 Å². The number of rotatable bonds is 0. The largest absolute Gasteiger partial charge is 0.455 e. The fourth-order valence-electron chi connectivity index (χ4n) is 4.85. The van der Waals surface area contributed by atoms with E-state index in [1.807, 2.05) is 6.92 Å². The normalized spacial score (nSPS) is 57.3. The molecule has 108 valence electrons. The molecule has 2 saturated carbocycles. The molecule has 3 aliphatic rings. The average molecular weight is 268 g/mol. The molecule has 3 rings (SSSR count). The van der Waals surface area contributed by atoms with Gasteiger partial charge in [0.25, 0.3) is 0 Å². The molecule has 1 aliphatic heterocycles. The standard InChI is InChI=1S/C15H24O4/c1-8-4-5-11-9(2)12(16)19-15(11)10(8)6-7-14(3,18)13(15)17/h8-11,13,17-18H,4-7H2,1-3H3/t8?,9?,10?,11?,13?,14-,15+/m1/s1. The first kappa shape index (κ1) is 13.4. The van der Waals surface area contributed by atoms with Crippen molar-refractivity contribution in [1.82, 2.24) is 0 Å². The molecule has 0 aromatic carbocycles. The van der Waals surface area contributed by atoms with Crippen molar-refractivity contribution < 1.29 is 19.7 Å². The van der Waals surface area contributed by atoms with Crippen LogP contribution in [-0.4, -0.2) is 33.5 Å². The van der Waals surface area contributed by atoms with Crippen LogP contribution in [0.15, 0.2) is 0 Å². The monoisotopic (exact) mass is 268 g/mol. The molecule has 5 unspecified atom stereocenters. The molecule has 3 fully saturated rings. The predicted molar refractivity (Wildman–Crippen MR) is 69.2 cm³/mol. The highest BCUT2D eigenvalue weighted by atomic mass is 16.6. The summed E-state index contributed by atoms with van der Waals surface area (Å²) in [7, 11) is 0. The van der Waals surface area contributed by atoms with Crippen LogP contribution < -0.4 is 0 Å². The number of carbonyl (C=O) groups excluding carboxylic acids is 1. The second kappa shape index (κ2) is 3.95. The Morgan fingerprint density at radius 3 is 2.58 bits per heavy atom. The zero-order chi connectivity index (χ0) is 14.0. The van der Waals surface area contributed by atoms with E-state index in [1.54, 1.807) is 6.92 Å². The third kappa shape index (κ3) is 1.56. The second-order valence-electron chi connectivity index (χ2n) is 7.13. The van der Waals surface area contributed by atoms with Gasteiger partial charge in [-0.1, -0.05) is 13.8 Å². The number of ether oxygens (including phenoxy) is 1. The van der Waals surface area contributed by atoms with Crippen molar-refractivity contribution in [3.63, 3.8) is 0 Å². The van der Waals surface area contributed by atoms with Crippen LogP contribution in [0, 0.1) is 23.7 Å². The molecule has 0 bridgehead atoms. The number of carbonyl (C=O) groups is 1. The molecule has 1 heterocycles. The van der Waals surface area contributed by atoms with Crippen LogP contribution in [0.1, 0.15) is 46.5 Å². The Morgan fingerprint density at radius 1 is 1.21 bits per heavy atom. The lowest BCUT2D eigenvalue weighted by Crippen LogP contribution is -2.67. The first-order valence-corrected chi connectivity index (χ1v) is 7.44. The third-order valence-electron chi connectivity index (χ3n) is 6.01. The van der Waals surface area contributed by atoms with Crippen LogP contribution in [0.25, 0.3) is 0 Å². The lowest BCUT2D eigenvalue weighted by molar-refractivity contribution is -0.248. The molecule has 2 N–H and O–H groups in total. The zero-order valence-corrected chi connectivity index (χ0v) is 11.9. The number of aliphatic hydroxyl groups is 2. The molecule has 1 spiro atoms. The van der Waals surface area contributed by atoms with Crippen LogP contribution in [0.5, 0.6) is 0 Å². The summed E-state index contributed by atoms with van der Waals surface area (Å²) >= 11 is 0. The smallest absolute Gasteiger partial charge is 0.309 e. The topological polar surface area (TPSA) is 66.8 Å². The average Bonchev–Trinajstić information content (AvgIpc) is 2.59. The van der Waals surface area contributed by atoms with E-state index in [4.69, 9.17) is 4.74 Å². The van der Waals surface area contributed by atoms with Gasteiger partial charge in [-0.2, -0.15) is 0 Å². The Morgan fingerprint density at radius 2 is 1.89 bits per heavy atom. The molecule has 4 nitrogen and oxygen atoms in total. The maximum absolute atomic E-state index is 12.0. The summed E-state index contributed by atoms with van der Waals surface area (Å²) in [4.78, 5) is 12.0. The van der Waals surface area contributed by atoms with Crippen LogP contribution in [0.4, 0.5) is 0 Å². The molecule has 4 heteroatoms. The van der Waals surface area contributed by atoms with Gasteiger partial charge in [0.15, 0.2) is 0 Å². The highest BCUT2D eigenvalue weighted by Gasteiger charge is 2.68. The highest BCUT2D eigenvalue weighted by molar-refractivity contribution is 5.76. The molecular weight excluding hydrogens is 244 g/mol. The first-order chi connectivity index (χ1) is 8.80. The van der Waals surface area contributed by atoms with Crippen LogP contribution >= 0.6 is 0 Å². The highest BCUT2D eigenvalue weighted by Crippen LogP contribution is 2.59. The summed E-state index contributed by atoms with van der Waals surface area (Å²) in [5.74, 6) is 0.276. The Kier molecular flexibility index (Phi) is 2.78. The molecule has 0 aromatic heterocycles. The van der Waals surface area contributed by atoms with Gasteiger partial charge in [-0.3, -0.25) is 4.79 Å². The molecule has 0 amide bonds. The molecule has 19 heavy (non-hydrogen) atoms. The number of aliphatic hydroxyl groups excluding tert-OH is 1. The molecular formula is C15H24O4. The molecule has 0 aromatic rings. The lowest BCUT2D eigenvalue weighted by atomic mass is 9.53. The maximum Gasteiger partial charge on any atom is 0.309 e. The first-order valence-electron chi connectivity index (χ1n) is 7.44. The van der Waals surface area contributed by atoms with Crippen molar-refractivity contribution in [2.75, 3.05) is 0 Å². The Labute approximate surface area is 114 Å². The summed E-state index contributed by atoms with van der Waals surface area (Å²) < 4.78 is 5.74. The minimum absolute atomic E-state index is 0.0444. The van der Waals surface area contributed by atoms with Crippen molar-refractivity contribution in [2.45, 2.75) is 63.8 Å². The third-order valence-corrected chi connectivity index (χ3v) is 6.01. The fourth-order valence-corrected chi connectivity index (χ4v) is 4.85.